The summed E-state index contributed by atoms with van der Waals surface area (Å²) in [6.45, 7) is 29.0. The van der Waals surface area contributed by atoms with Gasteiger partial charge in [0.2, 0.25) is 34.2 Å². The summed E-state index contributed by atoms with van der Waals surface area (Å²) < 4.78 is 153. The second-order valence-electron chi connectivity index (χ2n) is 23.8. The first-order chi connectivity index (χ1) is 51.8. The molecule has 6 heteroatoms. The van der Waals surface area contributed by atoms with Crippen molar-refractivity contribution in [3.05, 3.63) is 320 Å². The average Bonchev–Trinajstić information content (AvgIpc) is 0.788. The molecule has 0 aliphatic rings. The van der Waals surface area contributed by atoms with Crippen LogP contribution in [0.25, 0.3) is 67.5 Å². The lowest BCUT2D eigenvalue weighted by molar-refractivity contribution is -0.660. The second-order valence-corrected chi connectivity index (χ2v) is 23.8. The Labute approximate surface area is 584 Å². The van der Waals surface area contributed by atoms with Crippen molar-refractivity contribution in [2.24, 2.45) is 42.3 Å². The number of benzene rings is 6. The van der Waals surface area contributed by atoms with E-state index in [1.165, 1.54) is 33.4 Å². The fourth-order valence-corrected chi connectivity index (χ4v) is 10.6. The normalized spacial score (nSPS) is 13.1. The Hall–Kier alpha value is -9.78. The first-order valence-electron chi connectivity index (χ1n) is 40.0. The summed E-state index contributed by atoms with van der Waals surface area (Å²) >= 11 is 0. The van der Waals surface area contributed by atoms with Gasteiger partial charge in [0, 0.05) is 105 Å². The van der Waals surface area contributed by atoms with E-state index in [4.69, 9.17) is 24.7 Å². The van der Waals surface area contributed by atoms with Crippen LogP contribution in [0, 0.1) is 104 Å². The van der Waals surface area contributed by atoms with E-state index in [1.807, 2.05) is 175 Å². The molecule has 474 valence electrons. The van der Waals surface area contributed by atoms with Gasteiger partial charge in [-0.25, -0.2) is 27.4 Å². The predicted octanol–water partition coefficient (Wildman–Crippen LogP) is 17.7. The molecule has 12 aromatic rings. The predicted molar refractivity (Wildman–Crippen MR) is 389 cm³/mol. The SMILES string of the molecule is [2H]c1c(C)c(C)c([2H])[n+](C)c1-c1ccc(C)cc1C.[2H]c1c(C)c([2H])c(-c2ccc(C)cc2C)[n+](C)c1[2H].[2H]c1c([2H])c(-c2ccc(C)cc2C)[n+](C)c([2H])c1C.[2H]c1c([2H])c([2H])[n+](C)c(-c2ccc(C)cc2C)c1[2H].[2H]c1cc([2H])c(C)c(-c2ccc(C)c([2H])[n+]2C)c1.[2H]c1cc([2H])c(C)c(-c2cccc([2H])[n+]2C)c1. The molecular formula is C87H102N6+6. The van der Waals surface area contributed by atoms with Gasteiger partial charge in [-0.05, 0) is 209 Å². The van der Waals surface area contributed by atoms with Crippen LogP contribution in [0.15, 0.2) is 237 Å². The van der Waals surface area contributed by atoms with Crippen molar-refractivity contribution < 1.29 is 52.1 Å². The molecule has 0 bridgehead atoms. The summed E-state index contributed by atoms with van der Waals surface area (Å²) in [5.41, 5.74) is 24.3. The lowest BCUT2D eigenvalue weighted by Crippen LogP contribution is -2.31. The molecular weight excluding hydrogens is 1130 g/mol. The van der Waals surface area contributed by atoms with Crippen molar-refractivity contribution in [1.82, 2.24) is 0 Å². The summed E-state index contributed by atoms with van der Waals surface area (Å²) in [7, 11) is 10.7. The van der Waals surface area contributed by atoms with Crippen LogP contribution in [-0.2, 0) is 42.3 Å². The van der Waals surface area contributed by atoms with E-state index in [0.29, 0.717) is 83.0 Å². The maximum Gasteiger partial charge on any atom is 0.212 e. The second kappa shape index (κ2) is 33.0. The van der Waals surface area contributed by atoms with Crippen LogP contribution in [0.2, 0.25) is 0 Å². The van der Waals surface area contributed by atoms with Crippen LogP contribution in [0.1, 0.15) is 108 Å². The van der Waals surface area contributed by atoms with E-state index in [1.54, 1.807) is 71.5 Å². The zero-order valence-electron chi connectivity index (χ0n) is 76.3. The van der Waals surface area contributed by atoms with Crippen molar-refractivity contribution in [3.63, 3.8) is 0 Å². The van der Waals surface area contributed by atoms with Gasteiger partial charge in [-0.3, -0.25) is 0 Å². The Morgan fingerprint density at radius 3 is 1.15 bits per heavy atom. The largest absolute Gasteiger partial charge is 0.212 e. The molecule has 0 aliphatic heterocycles. The number of nitrogens with zero attached hydrogens (tertiary/aromatic N) is 6. The quantitative estimate of drug-likeness (QED) is 0.148. The lowest BCUT2D eigenvalue weighted by atomic mass is 10.0. The van der Waals surface area contributed by atoms with Crippen LogP contribution in [0.3, 0.4) is 0 Å². The Balaban J connectivity index is 0.000000185. The molecule has 6 aromatic heterocycles. The molecule has 12 rings (SSSR count). The van der Waals surface area contributed by atoms with Gasteiger partial charge >= 0.3 is 0 Å². The van der Waals surface area contributed by atoms with E-state index < -0.39 is 0 Å². The third-order valence-electron chi connectivity index (χ3n) is 15.7. The smallest absolute Gasteiger partial charge is 0.201 e. The fraction of sp³-hybridized carbons (Fsp3) is 0.241. The summed E-state index contributed by atoms with van der Waals surface area (Å²) in [6.07, 6.45) is 1.72. The minimum absolute atomic E-state index is 0.00421. The molecule has 0 aliphatic carbocycles. The van der Waals surface area contributed by atoms with E-state index in [9.17, 15) is 0 Å². The van der Waals surface area contributed by atoms with Gasteiger partial charge in [-0.15, -0.1) is 0 Å². The van der Waals surface area contributed by atoms with Crippen LogP contribution in [-0.4, -0.2) is 0 Å². The third kappa shape index (κ3) is 19.4. The van der Waals surface area contributed by atoms with Crippen molar-refractivity contribution in [3.8, 4) is 67.5 Å². The summed E-state index contributed by atoms with van der Waals surface area (Å²) in [5, 5.41) is 0. The van der Waals surface area contributed by atoms with E-state index in [-0.39, 0.29) is 54.8 Å². The summed E-state index contributed by atoms with van der Waals surface area (Å²) in [5.74, 6) is 0. The Morgan fingerprint density at radius 1 is 0.226 bits per heavy atom. The highest BCUT2D eigenvalue weighted by molar-refractivity contribution is 5.66. The third-order valence-corrected chi connectivity index (χ3v) is 15.7. The van der Waals surface area contributed by atoms with Gasteiger partial charge in [0.1, 0.15) is 50.5 Å². The van der Waals surface area contributed by atoms with E-state index >= 15 is 0 Å². The Morgan fingerprint density at radius 2 is 0.634 bits per heavy atom. The highest BCUT2D eigenvalue weighted by Crippen LogP contribution is 2.27. The van der Waals surface area contributed by atoms with Gasteiger partial charge in [-0.2, -0.15) is 0 Å². The number of rotatable bonds is 6. The Kier molecular flexibility index (Phi) is 17.4. The van der Waals surface area contributed by atoms with Gasteiger partial charge in [0.05, 0.1) is 16.4 Å². The van der Waals surface area contributed by atoms with Crippen molar-refractivity contribution >= 4 is 0 Å². The molecule has 0 radical (unpaired) electrons. The zero-order chi connectivity index (χ0) is 83.3. The number of hydrogen-bond acceptors (Lipinski definition) is 0. The fourth-order valence-electron chi connectivity index (χ4n) is 10.6. The first kappa shape index (κ1) is 48.9. The summed E-state index contributed by atoms with van der Waals surface area (Å²) in [6, 6.07) is 42.3. The molecule has 0 spiro atoms. The highest BCUT2D eigenvalue weighted by atomic mass is 14.9. The molecule has 0 unspecified atom stereocenters. The number of aryl methyl sites for hydroxylation is 9. The molecule has 93 heavy (non-hydrogen) atoms. The first-order valence-corrected chi connectivity index (χ1v) is 31.0. The zero-order valence-corrected chi connectivity index (χ0v) is 58.3. The van der Waals surface area contributed by atoms with Crippen molar-refractivity contribution in [2.75, 3.05) is 0 Å². The maximum absolute atomic E-state index is 8.36. The topological polar surface area (TPSA) is 23.3 Å². The van der Waals surface area contributed by atoms with Crippen LogP contribution >= 0.6 is 0 Å². The highest BCUT2D eigenvalue weighted by Gasteiger charge is 2.17. The molecule has 0 N–H and O–H groups in total. The minimum Gasteiger partial charge on any atom is -0.201 e. The number of aromatic nitrogens is 6. The van der Waals surface area contributed by atoms with Gasteiger partial charge in [0.25, 0.3) is 0 Å². The van der Waals surface area contributed by atoms with Crippen molar-refractivity contribution in [1.29, 1.82) is 0 Å². The molecule has 0 atom stereocenters. The van der Waals surface area contributed by atoms with Gasteiger partial charge < -0.3 is 0 Å². The average molecular weight is 1250 g/mol. The van der Waals surface area contributed by atoms with E-state index in [0.717, 1.165) is 106 Å². The minimum atomic E-state index is -0.207. The molecule has 6 aromatic carbocycles. The summed E-state index contributed by atoms with van der Waals surface area (Å²) in [4.78, 5) is 0. The van der Waals surface area contributed by atoms with Crippen molar-refractivity contribution in [2.45, 2.75) is 104 Å². The molecule has 6 heterocycles. The Bertz CT molecular complexity index is 5040. The van der Waals surface area contributed by atoms with Crippen LogP contribution < -0.4 is 27.4 Å². The molecule has 6 nitrogen and oxygen atoms in total. The lowest BCUT2D eigenvalue weighted by Gasteiger charge is -2.07. The van der Waals surface area contributed by atoms with Gasteiger partial charge in [0.15, 0.2) is 37.0 Å². The number of pyridine rings is 6. The monoisotopic (exact) mass is 1250 g/mol. The van der Waals surface area contributed by atoms with Crippen LogP contribution in [0.5, 0.6) is 0 Å². The van der Waals surface area contributed by atoms with E-state index in [2.05, 4.69) is 38.1 Å². The standard InChI is InChI=1S/C16H20N.2C15H18N.2C14H16N.C13H14N/c1-11-6-7-15(13(3)8-11)16-9-12(2)14(4)10-17(16)5;1-11-5-7-14(13(3)9-11)15-8-6-12(2)10-16(15)4;1-11-5-6-14(13(3)9-11)15-10-12(2)7-8-16(15)4;1-11-7-8-13(12(2)10-11)14-6-4-5-9-15(14)3;1-11-8-9-14(15(3)10-11)13-7-5-4-6-12(13)2;1-11-7-3-4-8-12(11)13-9-5-6-10-14(13)2/h6-10H,1-5H3;2*5-10H,1-4H3;2*4-10H,1-3H3;3-10H,1-2H3/q6*+1/i9D,10D;6D,8D,10D;7D,8D,10D;4D,5D,6D,9D;5D,6D,10D;4D,7D,10D. The molecule has 0 fully saturated rings. The number of hydrogen-bond donors (Lipinski definition) is 0. The molecule has 0 amide bonds. The molecule has 0 saturated carbocycles. The van der Waals surface area contributed by atoms with Gasteiger partial charge in [-0.1, -0.05) is 107 Å². The van der Waals surface area contributed by atoms with Crippen LogP contribution in [0.4, 0.5) is 0 Å². The molecule has 0 saturated heterocycles. The maximum atomic E-state index is 8.36.